The van der Waals surface area contributed by atoms with E-state index in [1.54, 1.807) is 23.3 Å². The lowest BCUT2D eigenvalue weighted by atomic mass is 9.87. The van der Waals surface area contributed by atoms with Gasteiger partial charge in [0.2, 0.25) is 0 Å². The first-order chi connectivity index (χ1) is 20.2. The van der Waals surface area contributed by atoms with E-state index in [4.69, 9.17) is 13.8 Å². The lowest BCUT2D eigenvalue weighted by Crippen LogP contribution is -2.56. The van der Waals surface area contributed by atoms with Gasteiger partial charge in [-0.1, -0.05) is 103 Å². The Labute approximate surface area is 252 Å². The standard InChI is InChI=1S/C30H57N2O9P/c1-2-3-4-5-6-7-8-9-10-11-12-13-14-15-16-17-20-39-22-25(32-19-18-31-24-32)23-40-42(37,38)41-30-27(34)21-26(33)28(35)29(30)36/h18-19,24-30,33-36H,2-17,20-23H2,1H3,(H,37,38)/t25-,26?,27?,28?,29?,30?/m1/s1. The van der Waals surface area contributed by atoms with Crippen LogP contribution in [0.2, 0.25) is 0 Å². The topological polar surface area (TPSA) is 164 Å². The fraction of sp³-hybridized carbons (Fsp3) is 0.900. The fourth-order valence-corrected chi connectivity index (χ4v) is 6.34. The number of phosphoric ester groups is 1. The lowest BCUT2D eigenvalue weighted by Gasteiger charge is -2.38. The minimum atomic E-state index is -4.72. The van der Waals surface area contributed by atoms with E-state index in [0.717, 1.165) is 12.8 Å². The van der Waals surface area contributed by atoms with Gasteiger partial charge in [0, 0.05) is 25.4 Å². The molecule has 1 heterocycles. The molecule has 1 aliphatic carbocycles. The van der Waals surface area contributed by atoms with Gasteiger partial charge in [0.05, 0.1) is 37.8 Å². The molecule has 0 bridgehead atoms. The molecule has 0 amide bonds. The summed E-state index contributed by atoms with van der Waals surface area (Å²) >= 11 is 0. The average Bonchev–Trinajstić information content (AvgIpc) is 3.50. The predicted octanol–water partition coefficient (Wildman–Crippen LogP) is 5.05. The number of unbranched alkanes of at least 4 members (excludes halogenated alkanes) is 15. The minimum absolute atomic E-state index is 0.231. The highest BCUT2D eigenvalue weighted by atomic mass is 31.2. The Hall–Kier alpha value is -0.880. The second-order valence-electron chi connectivity index (χ2n) is 11.7. The van der Waals surface area contributed by atoms with E-state index in [9.17, 15) is 29.9 Å². The number of aliphatic hydroxyl groups excluding tert-OH is 4. The molecule has 0 spiro atoms. The van der Waals surface area contributed by atoms with Gasteiger partial charge in [-0.3, -0.25) is 9.05 Å². The number of aromatic nitrogens is 2. The molecule has 6 unspecified atom stereocenters. The van der Waals surface area contributed by atoms with Crippen LogP contribution < -0.4 is 0 Å². The maximum Gasteiger partial charge on any atom is 0.472 e. The van der Waals surface area contributed by atoms with Gasteiger partial charge >= 0.3 is 7.82 Å². The maximum absolute atomic E-state index is 12.6. The Morgan fingerprint density at radius 2 is 1.36 bits per heavy atom. The Bertz CT molecular complexity index is 832. The third kappa shape index (κ3) is 15.2. The molecule has 0 saturated heterocycles. The van der Waals surface area contributed by atoms with Crippen molar-refractivity contribution < 1.29 is 43.7 Å². The van der Waals surface area contributed by atoms with Gasteiger partial charge < -0.3 is 34.6 Å². The Kier molecular flexibility index (Phi) is 19.3. The zero-order valence-corrected chi connectivity index (χ0v) is 26.4. The van der Waals surface area contributed by atoms with Crippen LogP contribution in [0.1, 0.15) is 122 Å². The highest BCUT2D eigenvalue weighted by Gasteiger charge is 2.46. The highest BCUT2D eigenvalue weighted by Crippen LogP contribution is 2.47. The number of aliphatic hydroxyl groups is 4. The molecule has 1 aromatic rings. The summed E-state index contributed by atoms with van der Waals surface area (Å²) in [6.45, 7) is 2.82. The van der Waals surface area contributed by atoms with Crippen LogP contribution >= 0.6 is 7.82 Å². The average molecular weight is 621 g/mol. The summed E-state index contributed by atoms with van der Waals surface area (Å²) in [5.41, 5.74) is 0. The summed E-state index contributed by atoms with van der Waals surface area (Å²) in [4.78, 5) is 14.2. The zero-order valence-electron chi connectivity index (χ0n) is 25.5. The van der Waals surface area contributed by atoms with Crippen molar-refractivity contribution in [3.63, 3.8) is 0 Å². The van der Waals surface area contributed by atoms with Crippen molar-refractivity contribution in [3.05, 3.63) is 18.7 Å². The third-order valence-corrected chi connectivity index (χ3v) is 9.01. The third-order valence-electron chi connectivity index (χ3n) is 8.03. The highest BCUT2D eigenvalue weighted by molar-refractivity contribution is 7.47. The molecule has 1 fully saturated rings. The molecular formula is C30H57N2O9P. The lowest BCUT2D eigenvalue weighted by molar-refractivity contribution is -0.173. The fourth-order valence-electron chi connectivity index (χ4n) is 5.34. The molecule has 0 aliphatic heterocycles. The molecule has 7 atom stereocenters. The second-order valence-corrected chi connectivity index (χ2v) is 13.1. The van der Waals surface area contributed by atoms with Crippen LogP contribution in [-0.2, 0) is 18.3 Å². The van der Waals surface area contributed by atoms with E-state index in [0.29, 0.717) is 6.61 Å². The molecule has 12 heteroatoms. The van der Waals surface area contributed by atoms with E-state index in [-0.39, 0.29) is 19.6 Å². The quantitative estimate of drug-likeness (QED) is 0.0738. The Morgan fingerprint density at radius 3 is 1.88 bits per heavy atom. The number of phosphoric acid groups is 1. The molecular weight excluding hydrogens is 563 g/mol. The number of ether oxygens (including phenoxy) is 1. The monoisotopic (exact) mass is 620 g/mol. The van der Waals surface area contributed by atoms with Crippen LogP contribution in [0, 0.1) is 0 Å². The summed E-state index contributed by atoms with van der Waals surface area (Å²) in [5.74, 6) is 0. The molecule has 2 rings (SSSR count). The van der Waals surface area contributed by atoms with Crippen LogP contribution in [0.15, 0.2) is 18.7 Å². The smallest absolute Gasteiger partial charge is 0.390 e. The summed E-state index contributed by atoms with van der Waals surface area (Å²) in [6, 6.07) is -0.453. The largest absolute Gasteiger partial charge is 0.472 e. The number of hydrogen-bond donors (Lipinski definition) is 5. The van der Waals surface area contributed by atoms with Crippen molar-refractivity contribution in [1.29, 1.82) is 0 Å². The van der Waals surface area contributed by atoms with Crippen LogP contribution in [0.5, 0.6) is 0 Å². The van der Waals surface area contributed by atoms with E-state index in [1.165, 1.54) is 89.9 Å². The molecule has 0 aromatic carbocycles. The van der Waals surface area contributed by atoms with Crippen LogP contribution in [0.25, 0.3) is 0 Å². The van der Waals surface area contributed by atoms with Crippen molar-refractivity contribution in [1.82, 2.24) is 9.55 Å². The summed E-state index contributed by atoms with van der Waals surface area (Å²) in [7, 11) is -4.72. The Balaban J connectivity index is 1.54. The van der Waals surface area contributed by atoms with Gasteiger partial charge in [-0.2, -0.15) is 0 Å². The van der Waals surface area contributed by atoms with Crippen molar-refractivity contribution >= 4 is 7.82 Å². The predicted molar refractivity (Wildman–Crippen MR) is 161 cm³/mol. The second kappa shape index (κ2) is 21.8. The van der Waals surface area contributed by atoms with Crippen molar-refractivity contribution in [3.8, 4) is 0 Å². The first-order valence-electron chi connectivity index (χ1n) is 16.2. The molecule has 42 heavy (non-hydrogen) atoms. The zero-order chi connectivity index (χ0) is 30.6. The van der Waals surface area contributed by atoms with Gasteiger partial charge in [0.1, 0.15) is 18.3 Å². The Morgan fingerprint density at radius 1 is 0.810 bits per heavy atom. The van der Waals surface area contributed by atoms with Gasteiger partial charge in [0.25, 0.3) is 0 Å². The van der Waals surface area contributed by atoms with Crippen LogP contribution in [-0.4, -0.2) is 85.2 Å². The van der Waals surface area contributed by atoms with Gasteiger partial charge in [-0.15, -0.1) is 0 Å². The van der Waals surface area contributed by atoms with E-state index in [2.05, 4.69) is 11.9 Å². The maximum atomic E-state index is 12.6. The van der Waals surface area contributed by atoms with Crippen molar-refractivity contribution in [2.45, 2.75) is 153 Å². The normalized spacial score (nSPS) is 25.0. The van der Waals surface area contributed by atoms with Crippen molar-refractivity contribution in [2.24, 2.45) is 0 Å². The van der Waals surface area contributed by atoms with Crippen molar-refractivity contribution in [2.75, 3.05) is 19.8 Å². The molecule has 1 saturated carbocycles. The first kappa shape index (κ1) is 37.3. The SMILES string of the molecule is CCCCCCCCCCCCCCCCCCOC[C@H](COP(=O)(O)OC1C(O)CC(O)C(O)C1O)n1ccnc1. The number of hydrogen-bond acceptors (Lipinski definition) is 9. The molecule has 1 aromatic heterocycles. The van der Waals surface area contributed by atoms with Gasteiger partial charge in [0.15, 0.2) is 0 Å². The number of nitrogens with zero attached hydrogens (tertiary/aromatic N) is 2. The van der Waals surface area contributed by atoms with Crippen LogP contribution in [0.4, 0.5) is 0 Å². The summed E-state index contributed by atoms with van der Waals surface area (Å²) in [6.07, 6.45) is 17.6. The molecule has 11 nitrogen and oxygen atoms in total. The molecule has 0 radical (unpaired) electrons. The molecule has 5 N–H and O–H groups in total. The van der Waals surface area contributed by atoms with E-state index < -0.39 is 44.4 Å². The molecule has 246 valence electrons. The van der Waals surface area contributed by atoms with E-state index in [1.807, 2.05) is 0 Å². The summed E-state index contributed by atoms with van der Waals surface area (Å²) in [5, 5.41) is 39.6. The first-order valence-corrected chi connectivity index (χ1v) is 17.7. The number of imidazole rings is 1. The summed E-state index contributed by atoms with van der Waals surface area (Å²) < 4.78 is 30.2. The van der Waals surface area contributed by atoms with Gasteiger partial charge in [-0.05, 0) is 6.42 Å². The van der Waals surface area contributed by atoms with Gasteiger partial charge in [-0.25, -0.2) is 9.55 Å². The van der Waals surface area contributed by atoms with E-state index >= 15 is 0 Å². The number of rotatable bonds is 25. The minimum Gasteiger partial charge on any atom is -0.390 e. The molecule has 1 aliphatic rings. The van der Waals surface area contributed by atoms with Crippen LogP contribution in [0.3, 0.4) is 0 Å².